The molecule has 0 aliphatic carbocycles. The van der Waals surface area contributed by atoms with Gasteiger partial charge in [-0.3, -0.25) is 4.79 Å². The van der Waals surface area contributed by atoms with E-state index in [9.17, 15) is 9.90 Å². The lowest BCUT2D eigenvalue weighted by Crippen LogP contribution is -2.39. The molecule has 0 spiro atoms. The molecule has 0 aromatic heterocycles. The van der Waals surface area contributed by atoms with Crippen molar-refractivity contribution in [2.75, 3.05) is 19.6 Å². The van der Waals surface area contributed by atoms with E-state index < -0.39 is 6.10 Å². The quantitative estimate of drug-likeness (QED) is 0.870. The van der Waals surface area contributed by atoms with Crippen LogP contribution < -0.4 is 5.73 Å². The fourth-order valence-corrected chi connectivity index (χ4v) is 3.02. The molecule has 1 amide bonds. The predicted molar refractivity (Wildman–Crippen MR) is 83.9 cm³/mol. The summed E-state index contributed by atoms with van der Waals surface area (Å²) in [5, 5.41) is 10.4. The summed E-state index contributed by atoms with van der Waals surface area (Å²) >= 11 is 0. The van der Waals surface area contributed by atoms with Gasteiger partial charge in [-0.1, -0.05) is 23.8 Å². The normalized spacial score (nSPS) is 18.6. The first-order valence-corrected chi connectivity index (χ1v) is 7.74. The van der Waals surface area contributed by atoms with Crippen LogP contribution in [0.5, 0.6) is 0 Å². The van der Waals surface area contributed by atoms with Gasteiger partial charge in [0.25, 0.3) is 0 Å². The minimum absolute atomic E-state index is 0.0326. The highest BCUT2D eigenvalue weighted by molar-refractivity contribution is 5.76. The smallest absolute Gasteiger partial charge is 0.220 e. The van der Waals surface area contributed by atoms with E-state index in [4.69, 9.17) is 5.73 Å². The molecule has 0 radical (unpaired) electrons. The Bertz CT molecular complexity index is 494. The highest BCUT2D eigenvalue weighted by Gasteiger charge is 2.23. The van der Waals surface area contributed by atoms with E-state index in [-0.39, 0.29) is 11.8 Å². The molecule has 1 aliphatic heterocycles. The van der Waals surface area contributed by atoms with E-state index in [1.54, 1.807) is 0 Å². The largest absolute Gasteiger partial charge is 0.388 e. The van der Waals surface area contributed by atoms with Gasteiger partial charge in [0.05, 0.1) is 6.10 Å². The summed E-state index contributed by atoms with van der Waals surface area (Å²) in [6.45, 7) is 6.74. The van der Waals surface area contributed by atoms with Crippen LogP contribution >= 0.6 is 0 Å². The summed E-state index contributed by atoms with van der Waals surface area (Å²) in [6, 6.07) is 6.20. The summed E-state index contributed by atoms with van der Waals surface area (Å²) < 4.78 is 0. The van der Waals surface area contributed by atoms with E-state index in [0.29, 0.717) is 0 Å². The first kappa shape index (κ1) is 16.0. The van der Waals surface area contributed by atoms with Gasteiger partial charge in [-0.15, -0.1) is 0 Å². The SMILES string of the molecule is Cc1ccc(C)c(C(O)CCN2CCC(C(N)=O)CC2)c1. The van der Waals surface area contributed by atoms with Crippen molar-refractivity contribution in [3.63, 3.8) is 0 Å². The Hall–Kier alpha value is -1.39. The van der Waals surface area contributed by atoms with Crippen LogP contribution in [0.3, 0.4) is 0 Å². The van der Waals surface area contributed by atoms with Gasteiger partial charge in [0.2, 0.25) is 5.91 Å². The number of likely N-dealkylation sites (tertiary alicyclic amines) is 1. The van der Waals surface area contributed by atoms with Gasteiger partial charge in [0.15, 0.2) is 0 Å². The van der Waals surface area contributed by atoms with Crippen LogP contribution in [0.15, 0.2) is 18.2 Å². The van der Waals surface area contributed by atoms with E-state index in [1.165, 1.54) is 5.56 Å². The first-order chi connectivity index (χ1) is 9.97. The Labute approximate surface area is 126 Å². The number of carbonyl (C=O) groups excluding carboxylic acids is 1. The molecule has 1 aromatic carbocycles. The van der Waals surface area contributed by atoms with Crippen LogP contribution in [0.4, 0.5) is 0 Å². The fourth-order valence-electron chi connectivity index (χ4n) is 3.02. The predicted octanol–water partition coefficient (Wildman–Crippen LogP) is 1.92. The molecule has 2 rings (SSSR count). The molecule has 4 heteroatoms. The van der Waals surface area contributed by atoms with Crippen LogP contribution in [0.1, 0.15) is 42.1 Å². The monoisotopic (exact) mass is 290 g/mol. The van der Waals surface area contributed by atoms with Gasteiger partial charge in [0.1, 0.15) is 0 Å². The van der Waals surface area contributed by atoms with Crippen molar-refractivity contribution in [2.45, 2.75) is 39.2 Å². The Kier molecular flexibility index (Phi) is 5.37. The fraction of sp³-hybridized carbons (Fsp3) is 0.588. The van der Waals surface area contributed by atoms with E-state index in [0.717, 1.165) is 50.0 Å². The summed E-state index contributed by atoms with van der Waals surface area (Å²) in [6.07, 6.45) is 1.99. The number of hydrogen-bond donors (Lipinski definition) is 2. The second-order valence-electron chi connectivity index (χ2n) is 6.18. The number of nitrogens with zero attached hydrogens (tertiary/aromatic N) is 1. The number of carbonyl (C=O) groups is 1. The topological polar surface area (TPSA) is 66.6 Å². The van der Waals surface area contributed by atoms with Crippen molar-refractivity contribution in [1.82, 2.24) is 4.90 Å². The van der Waals surface area contributed by atoms with Crippen LogP contribution in [0.2, 0.25) is 0 Å². The van der Waals surface area contributed by atoms with Crippen LogP contribution in [0.25, 0.3) is 0 Å². The lowest BCUT2D eigenvalue weighted by atomic mass is 9.95. The third-order valence-electron chi connectivity index (χ3n) is 4.50. The van der Waals surface area contributed by atoms with Gasteiger partial charge < -0.3 is 15.7 Å². The molecule has 1 atom stereocenters. The van der Waals surface area contributed by atoms with Gasteiger partial charge in [-0.05, 0) is 57.3 Å². The molecular weight excluding hydrogens is 264 g/mol. The number of nitrogens with two attached hydrogens (primary N) is 1. The molecule has 3 N–H and O–H groups in total. The number of aryl methyl sites for hydroxylation is 2. The third kappa shape index (κ3) is 4.29. The van der Waals surface area contributed by atoms with Gasteiger partial charge in [0, 0.05) is 12.5 Å². The van der Waals surface area contributed by atoms with Crippen LogP contribution in [0, 0.1) is 19.8 Å². The molecule has 21 heavy (non-hydrogen) atoms. The number of aliphatic hydroxyl groups excluding tert-OH is 1. The molecule has 0 saturated carbocycles. The van der Waals surface area contributed by atoms with Crippen molar-refractivity contribution in [3.05, 3.63) is 34.9 Å². The molecule has 1 unspecified atom stereocenters. The van der Waals surface area contributed by atoms with Gasteiger partial charge >= 0.3 is 0 Å². The maximum Gasteiger partial charge on any atom is 0.220 e. The maximum absolute atomic E-state index is 11.1. The summed E-state index contributed by atoms with van der Waals surface area (Å²) in [7, 11) is 0. The lowest BCUT2D eigenvalue weighted by Gasteiger charge is -2.31. The average molecular weight is 290 g/mol. The number of piperidine rings is 1. The minimum Gasteiger partial charge on any atom is -0.388 e. The van der Waals surface area contributed by atoms with Crippen LogP contribution in [-0.2, 0) is 4.79 Å². The average Bonchev–Trinajstić information content (AvgIpc) is 2.47. The van der Waals surface area contributed by atoms with Crippen molar-refractivity contribution in [3.8, 4) is 0 Å². The van der Waals surface area contributed by atoms with Crippen molar-refractivity contribution >= 4 is 5.91 Å². The van der Waals surface area contributed by atoms with Crippen molar-refractivity contribution in [1.29, 1.82) is 0 Å². The molecule has 1 aliphatic rings. The number of rotatable bonds is 5. The number of amides is 1. The summed E-state index contributed by atoms with van der Waals surface area (Å²) in [5.41, 5.74) is 8.69. The molecule has 1 fully saturated rings. The summed E-state index contributed by atoms with van der Waals surface area (Å²) in [5.74, 6) is -0.143. The highest BCUT2D eigenvalue weighted by atomic mass is 16.3. The zero-order chi connectivity index (χ0) is 15.4. The molecule has 4 nitrogen and oxygen atoms in total. The van der Waals surface area contributed by atoms with E-state index in [1.807, 2.05) is 13.8 Å². The van der Waals surface area contributed by atoms with Gasteiger partial charge in [-0.2, -0.15) is 0 Å². The van der Waals surface area contributed by atoms with Gasteiger partial charge in [-0.25, -0.2) is 0 Å². The zero-order valence-corrected chi connectivity index (χ0v) is 13.0. The van der Waals surface area contributed by atoms with Crippen molar-refractivity contribution < 1.29 is 9.90 Å². The number of aliphatic hydroxyl groups is 1. The Balaban J connectivity index is 1.83. The third-order valence-corrected chi connectivity index (χ3v) is 4.50. The molecule has 1 aromatic rings. The zero-order valence-electron chi connectivity index (χ0n) is 13.0. The first-order valence-electron chi connectivity index (χ1n) is 7.74. The second kappa shape index (κ2) is 7.05. The minimum atomic E-state index is -0.418. The standard InChI is InChI=1S/C17H26N2O2/c1-12-3-4-13(2)15(11-12)16(20)7-10-19-8-5-14(6-9-19)17(18)21/h3-4,11,14,16,20H,5-10H2,1-2H3,(H2,18,21). The number of primary amides is 1. The molecule has 1 saturated heterocycles. The number of hydrogen-bond acceptors (Lipinski definition) is 3. The maximum atomic E-state index is 11.1. The second-order valence-corrected chi connectivity index (χ2v) is 6.18. The van der Waals surface area contributed by atoms with Crippen LogP contribution in [-0.4, -0.2) is 35.5 Å². The van der Waals surface area contributed by atoms with Crippen molar-refractivity contribution in [2.24, 2.45) is 11.7 Å². The molecule has 116 valence electrons. The molecule has 1 heterocycles. The highest BCUT2D eigenvalue weighted by Crippen LogP contribution is 2.23. The molecular formula is C17H26N2O2. The Morgan fingerprint density at radius 1 is 1.38 bits per heavy atom. The Morgan fingerprint density at radius 3 is 2.67 bits per heavy atom. The summed E-state index contributed by atoms with van der Waals surface area (Å²) in [4.78, 5) is 13.5. The Morgan fingerprint density at radius 2 is 2.05 bits per heavy atom. The lowest BCUT2D eigenvalue weighted by molar-refractivity contribution is -0.123. The number of benzene rings is 1. The van der Waals surface area contributed by atoms with E-state index >= 15 is 0 Å². The van der Waals surface area contributed by atoms with E-state index in [2.05, 4.69) is 23.1 Å². The molecule has 0 bridgehead atoms.